The number of aliphatic hydroxyl groups is 1. The summed E-state index contributed by atoms with van der Waals surface area (Å²) in [6.07, 6.45) is -0.0378. The van der Waals surface area contributed by atoms with E-state index in [0.29, 0.717) is 13.2 Å². The SMILES string of the molecule is Cc1cccc(OC[C@@H](O)CN2C[C@@H](C)O[C@@H](C)C2)c1C. The first-order chi connectivity index (χ1) is 9.95. The van der Waals surface area contributed by atoms with Crippen LogP contribution in [-0.4, -0.2) is 54.6 Å². The van der Waals surface area contributed by atoms with Crippen molar-refractivity contribution in [1.29, 1.82) is 0 Å². The van der Waals surface area contributed by atoms with Gasteiger partial charge in [-0.3, -0.25) is 4.90 Å². The zero-order chi connectivity index (χ0) is 15.4. The molecule has 4 heteroatoms. The molecular weight excluding hydrogens is 266 g/mol. The first kappa shape index (κ1) is 16.3. The number of ether oxygens (including phenoxy) is 2. The number of hydrogen-bond acceptors (Lipinski definition) is 4. The monoisotopic (exact) mass is 293 g/mol. The fraction of sp³-hybridized carbons (Fsp3) is 0.647. The van der Waals surface area contributed by atoms with Crippen LogP contribution >= 0.6 is 0 Å². The standard InChI is InChI=1S/C17H27NO3/c1-12-6-5-7-17(15(12)4)20-11-16(19)10-18-8-13(2)21-14(3)9-18/h5-7,13-14,16,19H,8-11H2,1-4H3/t13-,14+,16-/m0/s1. The molecule has 1 fully saturated rings. The van der Waals surface area contributed by atoms with E-state index in [-0.39, 0.29) is 12.2 Å². The molecular formula is C17H27NO3. The van der Waals surface area contributed by atoms with Gasteiger partial charge in [0.2, 0.25) is 0 Å². The van der Waals surface area contributed by atoms with Gasteiger partial charge >= 0.3 is 0 Å². The minimum absolute atomic E-state index is 0.223. The van der Waals surface area contributed by atoms with Crippen molar-refractivity contribution in [3.05, 3.63) is 29.3 Å². The van der Waals surface area contributed by atoms with Crippen molar-refractivity contribution in [1.82, 2.24) is 4.90 Å². The number of rotatable bonds is 5. The highest BCUT2D eigenvalue weighted by Gasteiger charge is 2.24. The Morgan fingerprint density at radius 1 is 1.29 bits per heavy atom. The molecule has 21 heavy (non-hydrogen) atoms. The minimum Gasteiger partial charge on any atom is -0.491 e. The van der Waals surface area contributed by atoms with Crippen LogP contribution < -0.4 is 4.74 Å². The fourth-order valence-corrected chi connectivity index (χ4v) is 2.85. The van der Waals surface area contributed by atoms with Crippen molar-refractivity contribution in [3.8, 4) is 5.75 Å². The summed E-state index contributed by atoms with van der Waals surface area (Å²) in [5.74, 6) is 0.859. The lowest BCUT2D eigenvalue weighted by Gasteiger charge is -2.36. The van der Waals surface area contributed by atoms with Crippen LogP contribution in [0.1, 0.15) is 25.0 Å². The first-order valence-corrected chi connectivity index (χ1v) is 7.70. The van der Waals surface area contributed by atoms with Crippen LogP contribution in [0.2, 0.25) is 0 Å². The zero-order valence-corrected chi connectivity index (χ0v) is 13.5. The van der Waals surface area contributed by atoms with Gasteiger partial charge in [0.1, 0.15) is 18.5 Å². The summed E-state index contributed by atoms with van der Waals surface area (Å²) in [6, 6.07) is 6.00. The van der Waals surface area contributed by atoms with Gasteiger partial charge in [-0.05, 0) is 44.9 Å². The van der Waals surface area contributed by atoms with Gasteiger partial charge in [-0.15, -0.1) is 0 Å². The van der Waals surface area contributed by atoms with Gasteiger partial charge in [0.25, 0.3) is 0 Å². The molecule has 0 bridgehead atoms. The normalized spacial score (nSPS) is 24.8. The van der Waals surface area contributed by atoms with E-state index >= 15 is 0 Å². The lowest BCUT2D eigenvalue weighted by atomic mass is 10.1. The largest absolute Gasteiger partial charge is 0.491 e. The second-order valence-electron chi connectivity index (χ2n) is 6.14. The Bertz CT molecular complexity index is 453. The second-order valence-corrected chi connectivity index (χ2v) is 6.14. The molecule has 1 aliphatic heterocycles. The molecule has 1 heterocycles. The van der Waals surface area contributed by atoms with E-state index in [9.17, 15) is 5.11 Å². The lowest BCUT2D eigenvalue weighted by Crippen LogP contribution is -2.48. The fourth-order valence-electron chi connectivity index (χ4n) is 2.85. The molecule has 1 aromatic carbocycles. The molecule has 1 saturated heterocycles. The Labute approximate surface area is 127 Å². The average molecular weight is 293 g/mol. The van der Waals surface area contributed by atoms with E-state index in [1.807, 2.05) is 19.1 Å². The number of β-amino-alcohol motifs (C(OH)–C–C–N with tert-alkyl or cyclic N) is 1. The van der Waals surface area contributed by atoms with Crippen molar-refractivity contribution >= 4 is 0 Å². The van der Waals surface area contributed by atoms with Crippen LogP contribution in [0.5, 0.6) is 5.75 Å². The van der Waals surface area contributed by atoms with Gasteiger partial charge in [0, 0.05) is 19.6 Å². The maximum Gasteiger partial charge on any atom is 0.122 e. The van der Waals surface area contributed by atoms with E-state index in [0.717, 1.165) is 24.4 Å². The molecule has 0 saturated carbocycles. The van der Waals surface area contributed by atoms with E-state index in [1.54, 1.807) is 0 Å². The molecule has 0 aromatic heterocycles. The maximum atomic E-state index is 10.2. The van der Waals surface area contributed by atoms with Crippen LogP contribution in [0, 0.1) is 13.8 Å². The molecule has 0 aliphatic carbocycles. The van der Waals surface area contributed by atoms with Crippen LogP contribution in [0.3, 0.4) is 0 Å². The van der Waals surface area contributed by atoms with Crippen molar-refractivity contribution in [2.24, 2.45) is 0 Å². The topological polar surface area (TPSA) is 41.9 Å². The highest BCUT2D eigenvalue weighted by atomic mass is 16.5. The third kappa shape index (κ3) is 4.70. The molecule has 1 aliphatic rings. The summed E-state index contributed by atoms with van der Waals surface area (Å²) in [4.78, 5) is 2.25. The van der Waals surface area contributed by atoms with Gasteiger partial charge in [-0.25, -0.2) is 0 Å². The van der Waals surface area contributed by atoms with Crippen molar-refractivity contribution < 1.29 is 14.6 Å². The number of aliphatic hydroxyl groups excluding tert-OH is 1. The third-order valence-electron chi connectivity index (χ3n) is 3.95. The van der Waals surface area contributed by atoms with Crippen molar-refractivity contribution in [2.75, 3.05) is 26.2 Å². The Morgan fingerprint density at radius 3 is 2.62 bits per heavy atom. The summed E-state index contributed by atoms with van der Waals surface area (Å²) in [6.45, 7) is 10.9. The van der Waals surface area contributed by atoms with Crippen molar-refractivity contribution in [2.45, 2.75) is 46.0 Å². The predicted molar refractivity (Wildman–Crippen MR) is 83.9 cm³/mol. The molecule has 0 spiro atoms. The number of morpholine rings is 1. The number of nitrogens with zero attached hydrogens (tertiary/aromatic N) is 1. The molecule has 0 unspecified atom stereocenters. The summed E-state index contributed by atoms with van der Waals surface area (Å²) >= 11 is 0. The maximum absolute atomic E-state index is 10.2. The summed E-state index contributed by atoms with van der Waals surface area (Å²) in [5, 5.41) is 10.2. The van der Waals surface area contributed by atoms with Gasteiger partial charge in [-0.2, -0.15) is 0 Å². The highest BCUT2D eigenvalue weighted by Crippen LogP contribution is 2.20. The predicted octanol–water partition coefficient (Wildman–Crippen LogP) is 2.15. The van der Waals surface area contributed by atoms with Crippen LogP contribution in [0.4, 0.5) is 0 Å². The van der Waals surface area contributed by atoms with Crippen LogP contribution in [0.15, 0.2) is 18.2 Å². The highest BCUT2D eigenvalue weighted by molar-refractivity contribution is 5.38. The van der Waals surface area contributed by atoms with Crippen LogP contribution in [-0.2, 0) is 4.74 Å². The third-order valence-corrected chi connectivity index (χ3v) is 3.95. The number of hydrogen-bond donors (Lipinski definition) is 1. The van der Waals surface area contributed by atoms with Gasteiger partial charge in [0.15, 0.2) is 0 Å². The summed E-state index contributed by atoms with van der Waals surface area (Å²) in [5.41, 5.74) is 2.34. The van der Waals surface area contributed by atoms with Gasteiger partial charge < -0.3 is 14.6 Å². The second kappa shape index (κ2) is 7.25. The molecule has 1 aromatic rings. The Hall–Kier alpha value is -1.10. The van der Waals surface area contributed by atoms with Crippen molar-refractivity contribution in [3.63, 3.8) is 0 Å². The van der Waals surface area contributed by atoms with E-state index in [2.05, 4.69) is 31.7 Å². The Morgan fingerprint density at radius 2 is 1.95 bits per heavy atom. The summed E-state index contributed by atoms with van der Waals surface area (Å²) in [7, 11) is 0. The zero-order valence-electron chi connectivity index (χ0n) is 13.5. The molecule has 4 nitrogen and oxygen atoms in total. The van der Waals surface area contributed by atoms with E-state index < -0.39 is 6.10 Å². The van der Waals surface area contributed by atoms with E-state index in [1.165, 1.54) is 5.56 Å². The van der Waals surface area contributed by atoms with Gasteiger partial charge in [-0.1, -0.05) is 12.1 Å². The first-order valence-electron chi connectivity index (χ1n) is 7.70. The Balaban J connectivity index is 1.82. The smallest absolute Gasteiger partial charge is 0.122 e. The number of aryl methyl sites for hydroxylation is 1. The van der Waals surface area contributed by atoms with Gasteiger partial charge in [0.05, 0.1) is 12.2 Å². The summed E-state index contributed by atoms with van der Waals surface area (Å²) < 4.78 is 11.5. The molecule has 0 radical (unpaired) electrons. The quantitative estimate of drug-likeness (QED) is 0.903. The van der Waals surface area contributed by atoms with Crippen LogP contribution in [0.25, 0.3) is 0 Å². The number of benzene rings is 1. The average Bonchev–Trinajstić information content (AvgIpc) is 2.39. The molecule has 0 amide bonds. The molecule has 2 rings (SSSR count). The molecule has 1 N–H and O–H groups in total. The Kier molecular flexibility index (Phi) is 5.62. The molecule has 3 atom stereocenters. The molecule has 118 valence electrons. The minimum atomic E-state index is -0.484. The van der Waals surface area contributed by atoms with E-state index in [4.69, 9.17) is 9.47 Å². The lowest BCUT2D eigenvalue weighted by molar-refractivity contribution is -0.0786.